The molecule has 0 aliphatic carbocycles. The van der Waals surface area contributed by atoms with Crippen molar-refractivity contribution in [3.8, 4) is 0 Å². The first-order valence-corrected chi connectivity index (χ1v) is 4.61. The number of hydrogen-bond acceptors (Lipinski definition) is 2. The molecule has 4 heteroatoms. The summed E-state index contributed by atoms with van der Waals surface area (Å²) in [6.07, 6.45) is 1.90. The molecule has 2 N–H and O–H groups in total. The van der Waals surface area contributed by atoms with Crippen LogP contribution in [-0.2, 0) is 5.41 Å². The van der Waals surface area contributed by atoms with Crippen molar-refractivity contribution >= 4 is 26.6 Å². The van der Waals surface area contributed by atoms with Crippen LogP contribution in [0.3, 0.4) is 0 Å². The van der Waals surface area contributed by atoms with Crippen molar-refractivity contribution in [2.75, 3.05) is 6.54 Å². The van der Waals surface area contributed by atoms with Crippen molar-refractivity contribution in [2.24, 2.45) is 5.73 Å². The maximum absolute atomic E-state index is 5.71. The van der Waals surface area contributed by atoms with E-state index in [0.29, 0.717) is 6.54 Å². The summed E-state index contributed by atoms with van der Waals surface area (Å²) in [5, 5.41) is 0. The van der Waals surface area contributed by atoms with Crippen molar-refractivity contribution in [2.45, 2.75) is 19.3 Å². The molecule has 68 valence electrons. The standard InChI is InChI=1S/C9H16B2N2/c1-9(2,5-12)8-7(11)3-6(10)4-13-8/h3-4H,5,10-12H2,1-2H3. The second-order valence-corrected chi connectivity index (χ2v) is 4.27. The largest absolute Gasteiger partial charge is 0.330 e. The maximum Gasteiger partial charge on any atom is 0.141 e. The lowest BCUT2D eigenvalue weighted by Gasteiger charge is -2.24. The highest BCUT2D eigenvalue weighted by Crippen LogP contribution is 2.16. The molecular weight excluding hydrogens is 158 g/mol. The molecule has 1 aromatic heterocycles. The van der Waals surface area contributed by atoms with E-state index in [-0.39, 0.29) is 5.41 Å². The van der Waals surface area contributed by atoms with Gasteiger partial charge in [0.2, 0.25) is 0 Å². The Kier molecular flexibility index (Phi) is 2.81. The van der Waals surface area contributed by atoms with Gasteiger partial charge in [0.15, 0.2) is 0 Å². The summed E-state index contributed by atoms with van der Waals surface area (Å²) in [5.74, 6) is 0. The Labute approximate surface area is 81.8 Å². The zero-order valence-corrected chi connectivity index (χ0v) is 8.89. The van der Waals surface area contributed by atoms with Crippen molar-refractivity contribution in [1.82, 2.24) is 4.98 Å². The van der Waals surface area contributed by atoms with Gasteiger partial charge in [-0.15, -0.1) is 0 Å². The van der Waals surface area contributed by atoms with E-state index in [2.05, 4.69) is 40.6 Å². The van der Waals surface area contributed by atoms with E-state index < -0.39 is 0 Å². The number of rotatable bonds is 2. The van der Waals surface area contributed by atoms with Crippen LogP contribution in [0.2, 0.25) is 0 Å². The van der Waals surface area contributed by atoms with Crippen molar-refractivity contribution in [1.29, 1.82) is 0 Å². The number of pyridine rings is 1. The molecule has 0 aliphatic rings. The topological polar surface area (TPSA) is 38.9 Å². The minimum absolute atomic E-state index is 0.0161. The molecule has 0 radical (unpaired) electrons. The average molecular weight is 174 g/mol. The molecule has 0 unspecified atom stereocenters. The zero-order valence-electron chi connectivity index (χ0n) is 8.89. The van der Waals surface area contributed by atoms with Gasteiger partial charge in [0, 0.05) is 23.9 Å². The third kappa shape index (κ3) is 2.13. The lowest BCUT2D eigenvalue weighted by atomic mass is 9.78. The Bertz CT molecular complexity index is 310. The predicted molar refractivity (Wildman–Crippen MR) is 62.7 cm³/mol. The van der Waals surface area contributed by atoms with Crippen LogP contribution in [0.5, 0.6) is 0 Å². The first-order chi connectivity index (χ1) is 5.97. The van der Waals surface area contributed by atoms with Crippen molar-refractivity contribution in [3.05, 3.63) is 18.0 Å². The summed E-state index contributed by atoms with van der Waals surface area (Å²) in [7, 11) is 4.14. The molecule has 2 nitrogen and oxygen atoms in total. The fourth-order valence-corrected chi connectivity index (χ4v) is 1.52. The van der Waals surface area contributed by atoms with Gasteiger partial charge >= 0.3 is 0 Å². The highest BCUT2D eigenvalue weighted by molar-refractivity contribution is 6.38. The quantitative estimate of drug-likeness (QED) is 0.518. The first-order valence-electron chi connectivity index (χ1n) is 4.61. The Morgan fingerprint density at radius 2 is 2.08 bits per heavy atom. The third-order valence-electron chi connectivity index (χ3n) is 2.37. The van der Waals surface area contributed by atoms with Crippen LogP contribution >= 0.6 is 0 Å². The Hall–Kier alpha value is -0.760. The lowest BCUT2D eigenvalue weighted by molar-refractivity contribution is 0.526. The second-order valence-electron chi connectivity index (χ2n) is 4.27. The van der Waals surface area contributed by atoms with Gasteiger partial charge in [0.05, 0.1) is 0 Å². The van der Waals surface area contributed by atoms with Gasteiger partial charge in [-0.1, -0.05) is 30.8 Å². The average Bonchev–Trinajstić information content (AvgIpc) is 2.03. The van der Waals surface area contributed by atoms with Gasteiger partial charge in [-0.3, -0.25) is 4.98 Å². The highest BCUT2D eigenvalue weighted by Gasteiger charge is 2.21. The summed E-state index contributed by atoms with van der Waals surface area (Å²) in [6.45, 7) is 4.87. The van der Waals surface area contributed by atoms with Gasteiger partial charge < -0.3 is 5.73 Å². The number of aromatic nitrogens is 1. The molecule has 0 aromatic carbocycles. The number of nitrogens with zero attached hydrogens (tertiary/aromatic N) is 1. The van der Waals surface area contributed by atoms with Crippen LogP contribution in [0.1, 0.15) is 19.5 Å². The Morgan fingerprint density at radius 1 is 1.46 bits per heavy atom. The summed E-state index contributed by atoms with van der Waals surface area (Å²) < 4.78 is 0. The summed E-state index contributed by atoms with van der Waals surface area (Å²) in [6, 6.07) is 2.15. The molecule has 1 aromatic rings. The summed E-state index contributed by atoms with van der Waals surface area (Å²) in [4.78, 5) is 4.44. The number of nitrogens with two attached hydrogens (primary N) is 1. The van der Waals surface area contributed by atoms with E-state index in [1.807, 2.05) is 6.20 Å². The van der Waals surface area contributed by atoms with Gasteiger partial charge in [-0.05, 0) is 0 Å². The minimum atomic E-state index is -0.0161. The normalized spacial score (nSPS) is 11.6. The lowest BCUT2D eigenvalue weighted by Crippen LogP contribution is -2.36. The van der Waals surface area contributed by atoms with Crippen LogP contribution < -0.4 is 16.7 Å². The van der Waals surface area contributed by atoms with E-state index in [0.717, 1.165) is 5.69 Å². The highest BCUT2D eigenvalue weighted by atomic mass is 14.7. The van der Waals surface area contributed by atoms with Crippen LogP contribution in [0.4, 0.5) is 0 Å². The van der Waals surface area contributed by atoms with Crippen LogP contribution in [-0.4, -0.2) is 27.2 Å². The van der Waals surface area contributed by atoms with E-state index >= 15 is 0 Å². The van der Waals surface area contributed by atoms with Gasteiger partial charge in [-0.25, -0.2) is 0 Å². The molecule has 1 rings (SSSR count). The molecule has 13 heavy (non-hydrogen) atoms. The van der Waals surface area contributed by atoms with Crippen LogP contribution in [0.25, 0.3) is 0 Å². The molecule has 0 saturated heterocycles. The maximum atomic E-state index is 5.71. The van der Waals surface area contributed by atoms with Crippen molar-refractivity contribution in [3.63, 3.8) is 0 Å². The molecule has 0 saturated carbocycles. The van der Waals surface area contributed by atoms with E-state index in [1.165, 1.54) is 10.9 Å². The Morgan fingerprint density at radius 3 is 2.54 bits per heavy atom. The molecule has 0 spiro atoms. The van der Waals surface area contributed by atoms with Gasteiger partial charge in [0.1, 0.15) is 15.7 Å². The predicted octanol–water partition coefficient (Wildman–Crippen LogP) is -2.17. The number of hydrogen-bond donors (Lipinski definition) is 1. The molecule has 0 aliphatic heterocycles. The zero-order chi connectivity index (χ0) is 10.1. The Balaban J connectivity index is 3.16. The molecule has 0 amide bonds. The second kappa shape index (κ2) is 3.54. The van der Waals surface area contributed by atoms with Crippen molar-refractivity contribution < 1.29 is 0 Å². The minimum Gasteiger partial charge on any atom is -0.330 e. The summed E-state index contributed by atoms with van der Waals surface area (Å²) >= 11 is 0. The fourth-order valence-electron chi connectivity index (χ4n) is 1.52. The first kappa shape index (κ1) is 10.3. The molecule has 0 fully saturated rings. The SMILES string of the molecule is Bc1cnc(C(C)(C)CN)c(B)c1. The molecule has 0 bridgehead atoms. The molecular formula is C9H16B2N2. The third-order valence-corrected chi connectivity index (χ3v) is 2.37. The fraction of sp³-hybridized carbons (Fsp3) is 0.444. The van der Waals surface area contributed by atoms with E-state index in [1.54, 1.807) is 0 Å². The molecule has 0 atom stereocenters. The summed E-state index contributed by atoms with van der Waals surface area (Å²) in [5.41, 5.74) is 9.24. The smallest absolute Gasteiger partial charge is 0.141 e. The van der Waals surface area contributed by atoms with Gasteiger partial charge in [0.25, 0.3) is 0 Å². The van der Waals surface area contributed by atoms with E-state index in [4.69, 9.17) is 5.73 Å². The van der Waals surface area contributed by atoms with Gasteiger partial charge in [-0.2, -0.15) is 0 Å². The van der Waals surface area contributed by atoms with Crippen LogP contribution in [0.15, 0.2) is 12.3 Å². The van der Waals surface area contributed by atoms with E-state index in [9.17, 15) is 0 Å². The molecule has 1 heterocycles. The van der Waals surface area contributed by atoms with Crippen LogP contribution in [0, 0.1) is 0 Å². The monoisotopic (exact) mass is 174 g/mol.